The van der Waals surface area contributed by atoms with Gasteiger partial charge in [-0.3, -0.25) is 4.99 Å². The third-order valence-corrected chi connectivity index (χ3v) is 4.18. The molecule has 1 atom stereocenters. The number of rotatable bonds is 7. The molecular formula is C15H27N3S. The summed E-state index contributed by atoms with van der Waals surface area (Å²) in [7, 11) is 1.83. The summed E-state index contributed by atoms with van der Waals surface area (Å²) in [6, 6.07) is 4.30. The van der Waals surface area contributed by atoms with Gasteiger partial charge in [0.2, 0.25) is 0 Å². The molecule has 0 saturated heterocycles. The highest BCUT2D eigenvalue weighted by Crippen LogP contribution is 2.19. The zero-order valence-corrected chi connectivity index (χ0v) is 13.4. The van der Waals surface area contributed by atoms with Gasteiger partial charge in [-0.25, -0.2) is 0 Å². The van der Waals surface area contributed by atoms with Crippen molar-refractivity contribution in [3.8, 4) is 0 Å². The second-order valence-electron chi connectivity index (χ2n) is 5.33. The number of aliphatic imine (C=N–C) groups is 1. The van der Waals surface area contributed by atoms with Crippen LogP contribution in [0.2, 0.25) is 0 Å². The van der Waals surface area contributed by atoms with Gasteiger partial charge in [-0.05, 0) is 30.2 Å². The van der Waals surface area contributed by atoms with Crippen LogP contribution in [0.4, 0.5) is 0 Å². The fourth-order valence-electron chi connectivity index (χ4n) is 1.86. The lowest BCUT2D eigenvalue weighted by Gasteiger charge is -2.15. The normalized spacial score (nSPS) is 13.6. The number of hydrogen-bond donors (Lipinski definition) is 2. The summed E-state index contributed by atoms with van der Waals surface area (Å²) in [6.07, 6.45) is 2.45. The van der Waals surface area contributed by atoms with Crippen LogP contribution >= 0.6 is 11.3 Å². The summed E-state index contributed by atoms with van der Waals surface area (Å²) in [4.78, 5) is 5.68. The monoisotopic (exact) mass is 281 g/mol. The Kier molecular flexibility index (Phi) is 7.56. The van der Waals surface area contributed by atoms with E-state index in [2.05, 4.69) is 53.9 Å². The first-order valence-corrected chi connectivity index (χ1v) is 7.99. The molecule has 0 aliphatic heterocycles. The zero-order valence-electron chi connectivity index (χ0n) is 12.6. The van der Waals surface area contributed by atoms with E-state index in [1.54, 1.807) is 0 Å². The maximum absolute atomic E-state index is 4.26. The second-order valence-corrected chi connectivity index (χ2v) is 6.31. The van der Waals surface area contributed by atoms with E-state index in [9.17, 15) is 0 Å². The second kappa shape index (κ2) is 8.97. The molecule has 0 spiro atoms. The molecule has 2 N–H and O–H groups in total. The number of nitrogens with zero attached hydrogens (tertiary/aromatic N) is 1. The molecule has 0 aliphatic rings. The van der Waals surface area contributed by atoms with Gasteiger partial charge in [0.1, 0.15) is 0 Å². The third kappa shape index (κ3) is 6.62. The minimum atomic E-state index is 0.522. The van der Waals surface area contributed by atoms with Gasteiger partial charge >= 0.3 is 0 Å². The van der Waals surface area contributed by atoms with E-state index in [0.29, 0.717) is 5.92 Å². The van der Waals surface area contributed by atoms with Gasteiger partial charge in [-0.15, -0.1) is 11.3 Å². The van der Waals surface area contributed by atoms with E-state index in [1.807, 2.05) is 18.4 Å². The number of hydrogen-bond acceptors (Lipinski definition) is 2. The van der Waals surface area contributed by atoms with E-state index in [-0.39, 0.29) is 0 Å². The first kappa shape index (κ1) is 16.0. The topological polar surface area (TPSA) is 36.4 Å². The van der Waals surface area contributed by atoms with Gasteiger partial charge in [0.05, 0.1) is 0 Å². The van der Waals surface area contributed by atoms with Crippen molar-refractivity contribution >= 4 is 17.3 Å². The SMILES string of the molecule is CN=C(NCCCC(C)C)NCC(C)c1cccs1. The molecule has 108 valence electrons. The maximum atomic E-state index is 4.26. The molecule has 4 heteroatoms. The molecule has 0 aromatic carbocycles. The largest absolute Gasteiger partial charge is 0.356 e. The summed E-state index contributed by atoms with van der Waals surface area (Å²) >= 11 is 1.81. The minimum Gasteiger partial charge on any atom is -0.356 e. The van der Waals surface area contributed by atoms with Crippen molar-refractivity contribution in [2.75, 3.05) is 20.1 Å². The standard InChI is InChI=1S/C15H27N3S/c1-12(2)7-5-9-17-15(16-4)18-11-13(3)14-8-6-10-19-14/h6,8,10,12-13H,5,7,9,11H2,1-4H3,(H2,16,17,18). The van der Waals surface area contributed by atoms with E-state index >= 15 is 0 Å². The van der Waals surface area contributed by atoms with Crippen molar-refractivity contribution in [2.24, 2.45) is 10.9 Å². The molecular weight excluding hydrogens is 254 g/mol. The Morgan fingerprint density at radius 1 is 1.32 bits per heavy atom. The summed E-state index contributed by atoms with van der Waals surface area (Å²) in [5.74, 6) is 2.21. The average molecular weight is 281 g/mol. The van der Waals surface area contributed by atoms with Gasteiger partial charge < -0.3 is 10.6 Å². The van der Waals surface area contributed by atoms with Crippen molar-refractivity contribution in [2.45, 2.75) is 39.5 Å². The van der Waals surface area contributed by atoms with Crippen LogP contribution in [0.1, 0.15) is 44.4 Å². The van der Waals surface area contributed by atoms with Crippen LogP contribution < -0.4 is 10.6 Å². The molecule has 0 radical (unpaired) electrons. The Bertz CT molecular complexity index is 357. The molecule has 0 saturated carbocycles. The van der Waals surface area contributed by atoms with Crippen LogP contribution in [0.3, 0.4) is 0 Å². The fourth-order valence-corrected chi connectivity index (χ4v) is 2.65. The Balaban J connectivity index is 2.22. The first-order valence-electron chi connectivity index (χ1n) is 7.11. The van der Waals surface area contributed by atoms with Crippen molar-refractivity contribution in [3.63, 3.8) is 0 Å². The van der Waals surface area contributed by atoms with Crippen molar-refractivity contribution in [3.05, 3.63) is 22.4 Å². The fraction of sp³-hybridized carbons (Fsp3) is 0.667. The van der Waals surface area contributed by atoms with E-state index < -0.39 is 0 Å². The summed E-state index contributed by atoms with van der Waals surface area (Å²) in [5, 5.41) is 8.89. The Hall–Kier alpha value is -1.03. The molecule has 3 nitrogen and oxygen atoms in total. The van der Waals surface area contributed by atoms with Crippen LogP contribution in [-0.2, 0) is 0 Å². The van der Waals surface area contributed by atoms with Crippen LogP contribution in [0.25, 0.3) is 0 Å². The van der Waals surface area contributed by atoms with Gasteiger partial charge in [-0.1, -0.05) is 26.8 Å². The lowest BCUT2D eigenvalue weighted by molar-refractivity contribution is 0.548. The first-order chi connectivity index (χ1) is 9.13. The predicted octanol–water partition coefficient (Wildman–Crippen LogP) is 3.45. The molecule has 19 heavy (non-hydrogen) atoms. The van der Waals surface area contributed by atoms with Gasteiger partial charge in [-0.2, -0.15) is 0 Å². The molecule has 1 unspecified atom stereocenters. The Morgan fingerprint density at radius 3 is 2.68 bits per heavy atom. The van der Waals surface area contributed by atoms with Gasteiger partial charge in [0.15, 0.2) is 5.96 Å². The Labute approximate surface area is 121 Å². The number of nitrogens with one attached hydrogen (secondary N) is 2. The lowest BCUT2D eigenvalue weighted by atomic mass is 10.1. The smallest absolute Gasteiger partial charge is 0.190 e. The van der Waals surface area contributed by atoms with Crippen molar-refractivity contribution in [1.82, 2.24) is 10.6 Å². The van der Waals surface area contributed by atoms with Crippen molar-refractivity contribution in [1.29, 1.82) is 0 Å². The number of thiophene rings is 1. The van der Waals surface area contributed by atoms with Crippen molar-refractivity contribution < 1.29 is 0 Å². The molecule has 0 aliphatic carbocycles. The maximum Gasteiger partial charge on any atom is 0.190 e. The van der Waals surface area contributed by atoms with Crippen LogP contribution in [0.15, 0.2) is 22.5 Å². The predicted molar refractivity (Wildman–Crippen MR) is 86.2 cm³/mol. The average Bonchev–Trinajstić information content (AvgIpc) is 2.91. The quantitative estimate of drug-likeness (QED) is 0.456. The summed E-state index contributed by atoms with van der Waals surface area (Å²) < 4.78 is 0. The van der Waals surface area contributed by atoms with Crippen LogP contribution in [0, 0.1) is 5.92 Å². The molecule has 0 fully saturated rings. The molecule has 0 amide bonds. The highest BCUT2D eigenvalue weighted by molar-refractivity contribution is 7.10. The summed E-state index contributed by atoms with van der Waals surface area (Å²) in [5.41, 5.74) is 0. The number of guanidine groups is 1. The van der Waals surface area contributed by atoms with E-state index in [0.717, 1.165) is 25.0 Å². The minimum absolute atomic E-state index is 0.522. The highest BCUT2D eigenvalue weighted by atomic mass is 32.1. The zero-order chi connectivity index (χ0) is 14.1. The molecule has 1 heterocycles. The molecule has 1 aromatic heterocycles. The molecule has 1 rings (SSSR count). The van der Waals surface area contributed by atoms with Gasteiger partial charge in [0, 0.05) is 30.9 Å². The van der Waals surface area contributed by atoms with E-state index in [4.69, 9.17) is 0 Å². The third-order valence-electron chi connectivity index (χ3n) is 3.08. The molecule has 0 bridgehead atoms. The molecule has 1 aromatic rings. The van der Waals surface area contributed by atoms with Crippen LogP contribution in [-0.4, -0.2) is 26.1 Å². The Morgan fingerprint density at radius 2 is 2.11 bits per heavy atom. The van der Waals surface area contributed by atoms with E-state index in [1.165, 1.54) is 17.7 Å². The summed E-state index contributed by atoms with van der Waals surface area (Å²) in [6.45, 7) is 8.67. The lowest BCUT2D eigenvalue weighted by Crippen LogP contribution is -2.39. The highest BCUT2D eigenvalue weighted by Gasteiger charge is 2.07. The van der Waals surface area contributed by atoms with Crippen LogP contribution in [0.5, 0.6) is 0 Å². The van der Waals surface area contributed by atoms with Gasteiger partial charge in [0.25, 0.3) is 0 Å².